The Labute approximate surface area is 58.6 Å². The summed E-state index contributed by atoms with van der Waals surface area (Å²) < 4.78 is -0.497. The molecule has 0 spiro atoms. The third-order valence-corrected chi connectivity index (χ3v) is 2.36. The number of aliphatic hydroxyl groups excluding tert-OH is 1. The molecule has 48 valence electrons. The lowest BCUT2D eigenvalue weighted by Crippen LogP contribution is -1.92. The highest BCUT2D eigenvalue weighted by molar-refractivity contribution is 6.50. The first kappa shape index (κ1) is 6.66. The largest absolute Gasteiger partial charge is 0.396 e. The lowest BCUT2D eigenvalue weighted by molar-refractivity contribution is 0.279. The van der Waals surface area contributed by atoms with Crippen LogP contribution in [0.5, 0.6) is 0 Å². The standard InChI is InChI=1S/C5H8Cl2O/c6-5(7)3-4(5)1-2-8/h4,8H,1-3H2. The molecule has 0 heterocycles. The zero-order valence-electron chi connectivity index (χ0n) is 4.40. The number of alkyl halides is 2. The lowest BCUT2D eigenvalue weighted by Gasteiger charge is -1.93. The Kier molecular flexibility index (Phi) is 1.71. The van der Waals surface area contributed by atoms with Crippen LogP contribution in [0.15, 0.2) is 0 Å². The summed E-state index contributed by atoms with van der Waals surface area (Å²) in [5.41, 5.74) is 0. The SMILES string of the molecule is OCCC1CC1(Cl)Cl. The highest BCUT2D eigenvalue weighted by Crippen LogP contribution is 2.54. The van der Waals surface area contributed by atoms with Crippen molar-refractivity contribution in [2.75, 3.05) is 6.61 Å². The van der Waals surface area contributed by atoms with Gasteiger partial charge in [0.05, 0.1) is 0 Å². The molecule has 1 atom stereocenters. The second-order valence-corrected chi connectivity index (χ2v) is 3.72. The molecule has 1 saturated carbocycles. The summed E-state index contributed by atoms with van der Waals surface area (Å²) in [6.45, 7) is 0.200. The minimum absolute atomic E-state index is 0.200. The van der Waals surface area contributed by atoms with E-state index in [0.29, 0.717) is 5.92 Å². The van der Waals surface area contributed by atoms with Gasteiger partial charge in [-0.05, 0) is 18.8 Å². The van der Waals surface area contributed by atoms with E-state index in [1.54, 1.807) is 0 Å². The lowest BCUT2D eigenvalue weighted by atomic mass is 10.3. The van der Waals surface area contributed by atoms with Crippen LogP contribution in [0.25, 0.3) is 0 Å². The fourth-order valence-corrected chi connectivity index (χ4v) is 1.33. The predicted molar refractivity (Wildman–Crippen MR) is 34.2 cm³/mol. The fourth-order valence-electron chi connectivity index (χ4n) is 0.739. The Bertz CT molecular complexity index is 92.4. The molecule has 0 aromatic rings. The molecule has 1 aliphatic rings. The molecular weight excluding hydrogens is 147 g/mol. The maximum absolute atomic E-state index is 8.39. The molecule has 1 fully saturated rings. The van der Waals surface area contributed by atoms with Crippen LogP contribution in [0.4, 0.5) is 0 Å². The van der Waals surface area contributed by atoms with E-state index in [4.69, 9.17) is 28.3 Å². The highest BCUT2D eigenvalue weighted by atomic mass is 35.5. The van der Waals surface area contributed by atoms with Gasteiger partial charge < -0.3 is 5.11 Å². The van der Waals surface area contributed by atoms with Gasteiger partial charge in [-0.1, -0.05) is 0 Å². The minimum Gasteiger partial charge on any atom is -0.396 e. The molecule has 1 N–H and O–H groups in total. The van der Waals surface area contributed by atoms with Gasteiger partial charge >= 0.3 is 0 Å². The van der Waals surface area contributed by atoms with Crippen molar-refractivity contribution in [3.8, 4) is 0 Å². The monoisotopic (exact) mass is 154 g/mol. The molecule has 0 bridgehead atoms. The summed E-state index contributed by atoms with van der Waals surface area (Å²) in [6, 6.07) is 0. The third kappa shape index (κ3) is 1.28. The summed E-state index contributed by atoms with van der Waals surface area (Å²) in [5, 5.41) is 8.39. The van der Waals surface area contributed by atoms with Crippen molar-refractivity contribution in [3.63, 3.8) is 0 Å². The van der Waals surface area contributed by atoms with Gasteiger partial charge in [0.2, 0.25) is 0 Å². The summed E-state index contributed by atoms with van der Waals surface area (Å²) >= 11 is 11.3. The zero-order chi connectivity index (χ0) is 6.20. The number of rotatable bonds is 2. The molecule has 0 amide bonds. The van der Waals surface area contributed by atoms with Crippen LogP contribution in [0, 0.1) is 5.92 Å². The molecule has 8 heavy (non-hydrogen) atoms. The van der Waals surface area contributed by atoms with Gasteiger partial charge in [0.1, 0.15) is 4.33 Å². The minimum atomic E-state index is -0.497. The molecule has 1 aliphatic carbocycles. The van der Waals surface area contributed by atoms with Crippen molar-refractivity contribution in [1.29, 1.82) is 0 Å². The molecule has 1 rings (SSSR count). The summed E-state index contributed by atoms with van der Waals surface area (Å²) in [5.74, 6) is 0.343. The Balaban J connectivity index is 2.17. The van der Waals surface area contributed by atoms with E-state index in [-0.39, 0.29) is 6.61 Å². The van der Waals surface area contributed by atoms with E-state index in [9.17, 15) is 0 Å². The molecule has 0 saturated heterocycles. The van der Waals surface area contributed by atoms with Gasteiger partial charge in [-0.15, -0.1) is 23.2 Å². The van der Waals surface area contributed by atoms with Crippen LogP contribution >= 0.6 is 23.2 Å². The van der Waals surface area contributed by atoms with Crippen LogP contribution in [0.1, 0.15) is 12.8 Å². The van der Waals surface area contributed by atoms with Crippen molar-refractivity contribution in [2.24, 2.45) is 5.92 Å². The Morgan fingerprint density at radius 3 is 2.25 bits per heavy atom. The molecule has 0 aromatic carbocycles. The average molecular weight is 155 g/mol. The first-order valence-electron chi connectivity index (χ1n) is 2.65. The van der Waals surface area contributed by atoms with Gasteiger partial charge in [-0.3, -0.25) is 0 Å². The quantitative estimate of drug-likeness (QED) is 0.600. The number of aliphatic hydroxyl groups is 1. The molecule has 1 nitrogen and oxygen atoms in total. The summed E-state index contributed by atoms with van der Waals surface area (Å²) in [6.07, 6.45) is 1.59. The molecule has 0 radical (unpaired) electrons. The van der Waals surface area contributed by atoms with E-state index in [0.717, 1.165) is 12.8 Å². The van der Waals surface area contributed by atoms with E-state index in [1.165, 1.54) is 0 Å². The van der Waals surface area contributed by atoms with Gasteiger partial charge in [0, 0.05) is 6.61 Å². The summed E-state index contributed by atoms with van der Waals surface area (Å²) in [7, 11) is 0. The van der Waals surface area contributed by atoms with Crippen LogP contribution in [-0.4, -0.2) is 16.0 Å². The first-order chi connectivity index (χ1) is 3.67. The Hall–Kier alpha value is 0.540. The molecular formula is C5H8Cl2O. The van der Waals surface area contributed by atoms with E-state index < -0.39 is 4.33 Å². The van der Waals surface area contributed by atoms with Crippen molar-refractivity contribution < 1.29 is 5.11 Å². The molecule has 1 unspecified atom stereocenters. The first-order valence-corrected chi connectivity index (χ1v) is 3.41. The number of halogens is 2. The number of hydrogen-bond donors (Lipinski definition) is 1. The van der Waals surface area contributed by atoms with Crippen LogP contribution in [0.2, 0.25) is 0 Å². The van der Waals surface area contributed by atoms with Crippen molar-refractivity contribution in [3.05, 3.63) is 0 Å². The normalized spacial score (nSPS) is 32.6. The fraction of sp³-hybridized carbons (Fsp3) is 1.00. The van der Waals surface area contributed by atoms with Crippen molar-refractivity contribution in [1.82, 2.24) is 0 Å². The van der Waals surface area contributed by atoms with E-state index in [2.05, 4.69) is 0 Å². The van der Waals surface area contributed by atoms with Gasteiger partial charge in [0.25, 0.3) is 0 Å². The molecule has 3 heteroatoms. The second-order valence-electron chi connectivity index (χ2n) is 2.17. The number of hydrogen-bond acceptors (Lipinski definition) is 1. The van der Waals surface area contributed by atoms with Gasteiger partial charge in [0.15, 0.2) is 0 Å². The maximum Gasteiger partial charge on any atom is 0.121 e. The average Bonchev–Trinajstić information content (AvgIpc) is 2.15. The van der Waals surface area contributed by atoms with Crippen LogP contribution in [0.3, 0.4) is 0 Å². The zero-order valence-corrected chi connectivity index (χ0v) is 5.91. The Morgan fingerprint density at radius 1 is 1.62 bits per heavy atom. The third-order valence-electron chi connectivity index (χ3n) is 1.43. The van der Waals surface area contributed by atoms with Crippen LogP contribution < -0.4 is 0 Å². The van der Waals surface area contributed by atoms with E-state index >= 15 is 0 Å². The molecule has 0 aliphatic heterocycles. The second kappa shape index (κ2) is 2.05. The molecule has 0 aromatic heterocycles. The topological polar surface area (TPSA) is 20.2 Å². The van der Waals surface area contributed by atoms with Gasteiger partial charge in [-0.2, -0.15) is 0 Å². The smallest absolute Gasteiger partial charge is 0.121 e. The van der Waals surface area contributed by atoms with Crippen molar-refractivity contribution in [2.45, 2.75) is 17.2 Å². The van der Waals surface area contributed by atoms with Crippen LogP contribution in [-0.2, 0) is 0 Å². The Morgan fingerprint density at radius 2 is 2.12 bits per heavy atom. The van der Waals surface area contributed by atoms with Gasteiger partial charge in [-0.25, -0.2) is 0 Å². The van der Waals surface area contributed by atoms with Crippen molar-refractivity contribution >= 4 is 23.2 Å². The van der Waals surface area contributed by atoms with E-state index in [1.807, 2.05) is 0 Å². The highest BCUT2D eigenvalue weighted by Gasteiger charge is 2.50. The summed E-state index contributed by atoms with van der Waals surface area (Å²) in [4.78, 5) is 0. The maximum atomic E-state index is 8.39. The predicted octanol–water partition coefficient (Wildman–Crippen LogP) is 1.56.